The van der Waals surface area contributed by atoms with E-state index in [4.69, 9.17) is 44.3 Å². The molecule has 0 amide bonds. The molecule has 0 spiro atoms. The highest BCUT2D eigenvalue weighted by Crippen LogP contribution is 2.46. The average molecular weight is 550 g/mol. The van der Waals surface area contributed by atoms with E-state index in [0.29, 0.717) is 18.4 Å². The molecule has 0 N–H and O–H groups in total. The molecule has 0 heterocycles. The average Bonchev–Trinajstić information content (AvgIpc) is 2.66. The van der Waals surface area contributed by atoms with Crippen molar-refractivity contribution in [2.75, 3.05) is 13.2 Å². The highest BCUT2D eigenvalue weighted by atomic mass is 35.6. The number of carbonyl (C=O) groups is 3. The van der Waals surface area contributed by atoms with Crippen molar-refractivity contribution < 1.29 is 41.8 Å². The van der Waals surface area contributed by atoms with Gasteiger partial charge in [-0.1, -0.05) is 53.5 Å². The highest BCUT2D eigenvalue weighted by molar-refractivity contribution is 8.00. The molecule has 6 nitrogen and oxygen atoms in total. The summed E-state index contributed by atoms with van der Waals surface area (Å²) in [5.41, 5.74) is -5.10. The van der Waals surface area contributed by atoms with Crippen molar-refractivity contribution in [3.05, 3.63) is 42.0 Å². The zero-order valence-electron chi connectivity index (χ0n) is 16.9. The molecular weight excluding hydrogens is 532 g/mol. The van der Waals surface area contributed by atoms with E-state index in [9.17, 15) is 27.6 Å². The van der Waals surface area contributed by atoms with Crippen molar-refractivity contribution >= 4 is 64.5 Å². The lowest BCUT2D eigenvalue weighted by atomic mass is 9.75. The Morgan fingerprint density at radius 1 is 1.03 bits per heavy atom. The molecule has 182 valence electrons. The molecule has 1 aromatic rings. The second-order valence-electron chi connectivity index (χ2n) is 7.03. The number of hydrogen-bond donors (Lipinski definition) is 0. The summed E-state index contributed by atoms with van der Waals surface area (Å²) in [5, 5.41) is 0. The topological polar surface area (TPSA) is 78.9 Å². The number of esters is 3. The van der Waals surface area contributed by atoms with Crippen LogP contribution in [0.2, 0.25) is 0 Å². The lowest BCUT2D eigenvalue weighted by Gasteiger charge is -2.41. The molecule has 0 radical (unpaired) electrons. The smallest absolute Gasteiger partial charge is 0.446 e. The molecule has 1 saturated carbocycles. The number of ether oxygens (including phenoxy) is 3. The first-order valence-electron chi connectivity index (χ1n) is 9.34. The van der Waals surface area contributed by atoms with Crippen LogP contribution in [-0.2, 0) is 34.2 Å². The molecule has 1 fully saturated rings. The first-order chi connectivity index (χ1) is 15.2. The Labute approximate surface area is 206 Å². The van der Waals surface area contributed by atoms with E-state index in [1.807, 2.05) is 0 Å². The summed E-state index contributed by atoms with van der Waals surface area (Å²) in [5.74, 6) is -2.76. The van der Waals surface area contributed by atoms with Crippen LogP contribution in [0.5, 0.6) is 0 Å². The van der Waals surface area contributed by atoms with Gasteiger partial charge in [0.25, 0.3) is 0 Å². The molecule has 0 aromatic heterocycles. The minimum absolute atomic E-state index is 0.00975. The summed E-state index contributed by atoms with van der Waals surface area (Å²) in [7, 11) is 0. The fourth-order valence-corrected chi connectivity index (χ4v) is 3.54. The molecule has 1 aliphatic carbocycles. The number of alkyl halides is 6. The Balaban J connectivity index is 1.87. The lowest BCUT2D eigenvalue weighted by Crippen LogP contribution is -2.39. The largest absolute Gasteiger partial charge is 0.459 e. The Bertz CT molecular complexity index is 896. The molecule has 13 heteroatoms. The van der Waals surface area contributed by atoms with Crippen LogP contribution in [0.25, 0.3) is 0 Å². The van der Waals surface area contributed by atoms with Crippen LogP contribution in [0, 0.1) is 0 Å². The fraction of sp³-hybridized carbons (Fsp3) is 0.450. The lowest BCUT2D eigenvalue weighted by molar-refractivity contribution is -0.171. The summed E-state index contributed by atoms with van der Waals surface area (Å²) >= 11 is 16.0. The highest BCUT2D eigenvalue weighted by Gasteiger charge is 2.43. The molecule has 1 aliphatic rings. The van der Waals surface area contributed by atoms with Crippen molar-refractivity contribution in [1.29, 1.82) is 0 Å². The summed E-state index contributed by atoms with van der Waals surface area (Å²) in [6.45, 7) is 2.13. The molecule has 0 atom stereocenters. The van der Waals surface area contributed by atoms with Gasteiger partial charge in [-0.25, -0.2) is 9.59 Å². The van der Waals surface area contributed by atoms with Gasteiger partial charge in [0.2, 0.25) is 3.79 Å². The number of hydrogen-bond acceptors (Lipinski definition) is 7. The van der Waals surface area contributed by atoms with Gasteiger partial charge < -0.3 is 14.2 Å². The Morgan fingerprint density at radius 3 is 2.12 bits per heavy atom. The second-order valence-corrected chi connectivity index (χ2v) is 10.7. The quantitative estimate of drug-likeness (QED) is 0.130. The van der Waals surface area contributed by atoms with E-state index in [1.165, 1.54) is 24.3 Å². The molecule has 1 aromatic carbocycles. The minimum Gasteiger partial charge on any atom is -0.459 e. The van der Waals surface area contributed by atoms with E-state index >= 15 is 0 Å². The first-order valence-corrected chi connectivity index (χ1v) is 11.3. The second kappa shape index (κ2) is 11.2. The van der Waals surface area contributed by atoms with Gasteiger partial charge in [0, 0.05) is 10.5 Å². The van der Waals surface area contributed by atoms with Gasteiger partial charge in [-0.2, -0.15) is 13.2 Å². The third-order valence-electron chi connectivity index (χ3n) is 4.45. The third-order valence-corrected chi connectivity index (χ3v) is 5.52. The maximum absolute atomic E-state index is 12.5. The Hall–Kier alpha value is -1.62. The van der Waals surface area contributed by atoms with Crippen LogP contribution in [0.4, 0.5) is 13.2 Å². The summed E-state index contributed by atoms with van der Waals surface area (Å²) in [4.78, 5) is 35.8. The van der Waals surface area contributed by atoms with Crippen molar-refractivity contribution in [3.63, 3.8) is 0 Å². The van der Waals surface area contributed by atoms with Crippen LogP contribution in [0.15, 0.2) is 41.3 Å². The molecular formula is C20H18Cl3F3O6S. The standard InChI is InChI=1S/C20H18Cl3F3O6S/c1-12(17(29)30-10-16(28)31-11-19(21,22)23)9-15(27)32-18(7-2-8-18)13-3-5-14(6-4-13)33-20(24,25)26/h3-6H,1-2,7-11H2. The van der Waals surface area contributed by atoms with Crippen LogP contribution in [-0.4, -0.2) is 40.4 Å². The van der Waals surface area contributed by atoms with E-state index in [0.717, 1.165) is 6.42 Å². The molecule has 33 heavy (non-hydrogen) atoms. The van der Waals surface area contributed by atoms with Crippen LogP contribution in [0.3, 0.4) is 0 Å². The Morgan fingerprint density at radius 2 is 1.64 bits per heavy atom. The molecule has 0 unspecified atom stereocenters. The zero-order valence-corrected chi connectivity index (χ0v) is 20.0. The number of halogens is 6. The Kier molecular flexibility index (Phi) is 9.38. The fourth-order valence-electron chi connectivity index (χ4n) is 2.84. The minimum atomic E-state index is -4.41. The molecule has 0 saturated heterocycles. The summed E-state index contributed by atoms with van der Waals surface area (Å²) in [6, 6.07) is 5.57. The van der Waals surface area contributed by atoms with Crippen LogP contribution >= 0.6 is 46.6 Å². The number of carbonyl (C=O) groups excluding carboxylic acids is 3. The van der Waals surface area contributed by atoms with Gasteiger partial charge >= 0.3 is 23.4 Å². The van der Waals surface area contributed by atoms with E-state index < -0.39 is 52.4 Å². The summed E-state index contributed by atoms with van der Waals surface area (Å²) in [6.07, 6.45) is 1.21. The van der Waals surface area contributed by atoms with Gasteiger partial charge in [0.05, 0.1) is 6.42 Å². The maximum Gasteiger partial charge on any atom is 0.446 e. The molecule has 0 bridgehead atoms. The normalized spacial score (nSPS) is 15.2. The van der Waals surface area contributed by atoms with Crippen molar-refractivity contribution in [2.24, 2.45) is 0 Å². The third kappa shape index (κ3) is 9.27. The number of rotatable bonds is 9. The monoisotopic (exact) mass is 548 g/mol. The van der Waals surface area contributed by atoms with Crippen LogP contribution in [0.1, 0.15) is 31.2 Å². The molecule has 0 aliphatic heterocycles. The number of thioether (sulfide) groups is 1. The zero-order chi connectivity index (χ0) is 24.9. The molecule has 2 rings (SSSR count). The van der Waals surface area contributed by atoms with Crippen LogP contribution < -0.4 is 0 Å². The van der Waals surface area contributed by atoms with E-state index in [2.05, 4.69) is 11.3 Å². The van der Waals surface area contributed by atoms with Crippen molar-refractivity contribution in [2.45, 2.75) is 45.5 Å². The van der Waals surface area contributed by atoms with Gasteiger partial charge in [0.1, 0.15) is 12.2 Å². The van der Waals surface area contributed by atoms with E-state index in [1.54, 1.807) is 0 Å². The van der Waals surface area contributed by atoms with Gasteiger partial charge in [-0.3, -0.25) is 4.79 Å². The van der Waals surface area contributed by atoms with Gasteiger partial charge in [0.15, 0.2) is 6.61 Å². The number of benzene rings is 1. The van der Waals surface area contributed by atoms with Crippen molar-refractivity contribution in [1.82, 2.24) is 0 Å². The maximum atomic E-state index is 12.5. The SMILES string of the molecule is C=C(CC(=O)OC1(c2ccc(SC(F)(F)F)cc2)CCC1)C(=O)OCC(=O)OCC(Cl)(Cl)Cl. The van der Waals surface area contributed by atoms with Crippen molar-refractivity contribution in [3.8, 4) is 0 Å². The van der Waals surface area contributed by atoms with Gasteiger partial charge in [-0.15, -0.1) is 0 Å². The van der Waals surface area contributed by atoms with Gasteiger partial charge in [-0.05, 0) is 48.7 Å². The predicted molar refractivity (Wildman–Crippen MR) is 116 cm³/mol. The predicted octanol–water partition coefficient (Wildman–Crippen LogP) is 5.62. The summed E-state index contributed by atoms with van der Waals surface area (Å²) < 4.78 is 50.5. The first kappa shape index (κ1) is 27.6. The van der Waals surface area contributed by atoms with E-state index in [-0.39, 0.29) is 22.2 Å².